The number of rotatable bonds is 4. The van der Waals surface area contributed by atoms with Crippen molar-refractivity contribution in [3.05, 3.63) is 35.9 Å². The van der Waals surface area contributed by atoms with Crippen molar-refractivity contribution in [1.29, 1.82) is 0 Å². The Kier molecular flexibility index (Phi) is 4.07. The number of nitrogens with zero attached hydrogens (tertiary/aromatic N) is 1. The average molecular weight is 327 g/mol. The van der Waals surface area contributed by atoms with Gasteiger partial charge < -0.3 is 10.0 Å². The van der Waals surface area contributed by atoms with Crippen molar-refractivity contribution >= 4 is 11.9 Å². The fraction of sp³-hybridized carbons (Fsp3) is 0.600. The third kappa shape index (κ3) is 2.83. The Morgan fingerprint density at radius 3 is 2.58 bits per heavy atom. The molecule has 1 saturated heterocycles. The highest BCUT2D eigenvalue weighted by Crippen LogP contribution is 2.50. The van der Waals surface area contributed by atoms with Crippen molar-refractivity contribution in [3.63, 3.8) is 0 Å². The molecule has 1 heterocycles. The first-order valence-electron chi connectivity index (χ1n) is 9.24. The van der Waals surface area contributed by atoms with Gasteiger partial charge in [0, 0.05) is 12.5 Å². The SMILES string of the molecule is O=C(O)C1CC2CCCCC2N1C(=O)C[C@@H]1C[C@H]1c1ccccc1. The number of benzene rings is 1. The van der Waals surface area contributed by atoms with E-state index in [9.17, 15) is 14.7 Å². The van der Waals surface area contributed by atoms with Crippen LogP contribution in [0.2, 0.25) is 0 Å². The molecule has 1 amide bonds. The Morgan fingerprint density at radius 1 is 1.08 bits per heavy atom. The summed E-state index contributed by atoms with van der Waals surface area (Å²) in [6.07, 6.45) is 6.56. The maximum Gasteiger partial charge on any atom is 0.326 e. The number of likely N-dealkylation sites (tertiary alicyclic amines) is 1. The number of carboxylic acid groups (broad SMARTS) is 1. The normalized spacial score (nSPS) is 34.7. The fourth-order valence-electron chi connectivity index (χ4n) is 4.95. The maximum absolute atomic E-state index is 12.9. The molecule has 0 spiro atoms. The van der Waals surface area contributed by atoms with Gasteiger partial charge in [-0.05, 0) is 49.0 Å². The van der Waals surface area contributed by atoms with Crippen molar-refractivity contribution < 1.29 is 14.7 Å². The van der Waals surface area contributed by atoms with Gasteiger partial charge in [-0.2, -0.15) is 0 Å². The van der Waals surface area contributed by atoms with Crippen LogP contribution in [0.1, 0.15) is 56.4 Å². The Labute approximate surface area is 142 Å². The van der Waals surface area contributed by atoms with Crippen LogP contribution in [0.25, 0.3) is 0 Å². The number of hydrogen-bond acceptors (Lipinski definition) is 2. The zero-order valence-corrected chi connectivity index (χ0v) is 13.9. The molecule has 2 aliphatic carbocycles. The zero-order valence-electron chi connectivity index (χ0n) is 13.9. The van der Waals surface area contributed by atoms with Gasteiger partial charge in [-0.15, -0.1) is 0 Å². The van der Waals surface area contributed by atoms with Crippen LogP contribution in [0, 0.1) is 11.8 Å². The predicted octanol–water partition coefficient (Wildman–Crippen LogP) is 3.42. The summed E-state index contributed by atoms with van der Waals surface area (Å²) in [6, 6.07) is 9.92. The van der Waals surface area contributed by atoms with Crippen molar-refractivity contribution in [2.24, 2.45) is 11.8 Å². The lowest BCUT2D eigenvalue weighted by Crippen LogP contribution is -2.46. The summed E-state index contributed by atoms with van der Waals surface area (Å²) < 4.78 is 0. The van der Waals surface area contributed by atoms with Crippen LogP contribution in [-0.4, -0.2) is 34.0 Å². The number of aliphatic carboxylic acids is 1. The van der Waals surface area contributed by atoms with Gasteiger partial charge in [0.05, 0.1) is 0 Å². The molecule has 1 N–H and O–H groups in total. The van der Waals surface area contributed by atoms with E-state index < -0.39 is 12.0 Å². The monoisotopic (exact) mass is 327 g/mol. The lowest BCUT2D eigenvalue weighted by Gasteiger charge is -2.33. The van der Waals surface area contributed by atoms with E-state index in [4.69, 9.17) is 0 Å². The Morgan fingerprint density at radius 2 is 1.83 bits per heavy atom. The van der Waals surface area contributed by atoms with Gasteiger partial charge in [-0.1, -0.05) is 43.2 Å². The number of fused-ring (bicyclic) bond motifs is 1. The highest BCUT2D eigenvalue weighted by atomic mass is 16.4. The van der Waals surface area contributed by atoms with Gasteiger partial charge in [0.2, 0.25) is 5.91 Å². The third-order valence-electron chi connectivity index (χ3n) is 6.25. The second-order valence-electron chi connectivity index (χ2n) is 7.72. The molecule has 0 bridgehead atoms. The standard InChI is InChI=1S/C20H25NO3/c22-19(12-15-10-16(15)13-6-2-1-3-7-13)21-17-9-5-4-8-14(17)11-18(21)20(23)24/h1-3,6-7,14-18H,4-5,8-12H2,(H,23,24)/t14?,15-,16-,17?,18?/m0/s1. The topological polar surface area (TPSA) is 57.6 Å². The quantitative estimate of drug-likeness (QED) is 0.922. The van der Waals surface area contributed by atoms with Crippen LogP contribution in [0.15, 0.2) is 30.3 Å². The molecule has 128 valence electrons. The number of amides is 1. The molecular weight excluding hydrogens is 302 g/mol. The van der Waals surface area contributed by atoms with E-state index in [0.29, 0.717) is 30.6 Å². The van der Waals surface area contributed by atoms with Gasteiger partial charge in [0.1, 0.15) is 6.04 Å². The lowest BCUT2D eigenvalue weighted by molar-refractivity contribution is -0.150. The van der Waals surface area contributed by atoms with Crippen molar-refractivity contribution in [2.45, 2.75) is 62.9 Å². The molecule has 1 aromatic carbocycles. The fourth-order valence-corrected chi connectivity index (χ4v) is 4.95. The van der Waals surface area contributed by atoms with Crippen molar-refractivity contribution in [3.8, 4) is 0 Å². The van der Waals surface area contributed by atoms with Gasteiger partial charge in [0.25, 0.3) is 0 Å². The Hall–Kier alpha value is -1.84. The smallest absolute Gasteiger partial charge is 0.326 e. The zero-order chi connectivity index (χ0) is 16.7. The molecular formula is C20H25NO3. The number of hydrogen-bond donors (Lipinski definition) is 1. The molecule has 0 aromatic heterocycles. The number of carbonyl (C=O) groups is 2. The molecule has 4 rings (SSSR count). The summed E-state index contributed by atoms with van der Waals surface area (Å²) in [5, 5.41) is 9.57. The minimum absolute atomic E-state index is 0.0697. The second kappa shape index (κ2) is 6.23. The second-order valence-corrected chi connectivity index (χ2v) is 7.72. The number of carboxylic acids is 1. The van der Waals surface area contributed by atoms with E-state index in [0.717, 1.165) is 25.7 Å². The molecule has 0 radical (unpaired) electrons. The summed E-state index contributed by atoms with van der Waals surface area (Å²) in [7, 11) is 0. The van der Waals surface area contributed by atoms with Gasteiger partial charge in [-0.25, -0.2) is 4.79 Å². The lowest BCUT2D eigenvalue weighted by atomic mass is 9.84. The molecule has 1 aromatic rings. The Bertz CT molecular complexity index is 629. The predicted molar refractivity (Wildman–Crippen MR) is 90.5 cm³/mol. The Balaban J connectivity index is 1.44. The minimum Gasteiger partial charge on any atom is -0.480 e. The highest BCUT2D eigenvalue weighted by molar-refractivity contribution is 5.85. The first-order valence-corrected chi connectivity index (χ1v) is 9.24. The first kappa shape index (κ1) is 15.7. The van der Waals surface area contributed by atoms with Crippen LogP contribution in [0.5, 0.6) is 0 Å². The molecule has 3 aliphatic rings. The van der Waals surface area contributed by atoms with E-state index in [1.807, 2.05) is 18.2 Å². The van der Waals surface area contributed by atoms with E-state index >= 15 is 0 Å². The largest absolute Gasteiger partial charge is 0.480 e. The third-order valence-corrected chi connectivity index (χ3v) is 6.25. The maximum atomic E-state index is 12.9. The molecule has 2 saturated carbocycles. The van der Waals surface area contributed by atoms with Crippen LogP contribution < -0.4 is 0 Å². The summed E-state index contributed by atoms with van der Waals surface area (Å²) >= 11 is 0. The molecule has 3 fully saturated rings. The van der Waals surface area contributed by atoms with Crippen molar-refractivity contribution in [2.75, 3.05) is 0 Å². The van der Waals surface area contributed by atoms with E-state index in [-0.39, 0.29) is 11.9 Å². The van der Waals surface area contributed by atoms with E-state index in [1.54, 1.807) is 4.90 Å². The van der Waals surface area contributed by atoms with Gasteiger partial charge in [-0.3, -0.25) is 4.79 Å². The van der Waals surface area contributed by atoms with Crippen molar-refractivity contribution in [1.82, 2.24) is 4.90 Å². The first-order chi connectivity index (χ1) is 11.6. The van der Waals surface area contributed by atoms with Gasteiger partial charge in [0.15, 0.2) is 0 Å². The van der Waals surface area contributed by atoms with Crippen LogP contribution in [-0.2, 0) is 9.59 Å². The molecule has 5 atom stereocenters. The highest BCUT2D eigenvalue weighted by Gasteiger charge is 2.49. The summed E-state index contributed by atoms with van der Waals surface area (Å²) in [6.45, 7) is 0. The average Bonchev–Trinajstić information content (AvgIpc) is 3.24. The van der Waals surface area contributed by atoms with Crippen LogP contribution >= 0.6 is 0 Å². The molecule has 1 aliphatic heterocycles. The minimum atomic E-state index is -0.826. The molecule has 4 nitrogen and oxygen atoms in total. The van der Waals surface area contributed by atoms with Crippen LogP contribution in [0.4, 0.5) is 0 Å². The van der Waals surface area contributed by atoms with Gasteiger partial charge >= 0.3 is 5.97 Å². The van der Waals surface area contributed by atoms with Crippen LogP contribution in [0.3, 0.4) is 0 Å². The molecule has 24 heavy (non-hydrogen) atoms. The summed E-state index contributed by atoms with van der Waals surface area (Å²) in [5.74, 6) is 0.501. The van der Waals surface area contributed by atoms with E-state index in [2.05, 4.69) is 12.1 Å². The summed E-state index contributed by atoms with van der Waals surface area (Å²) in [4.78, 5) is 26.3. The van der Waals surface area contributed by atoms with E-state index in [1.165, 1.54) is 12.0 Å². The number of carbonyl (C=O) groups excluding carboxylic acids is 1. The summed E-state index contributed by atoms with van der Waals surface area (Å²) in [5.41, 5.74) is 1.31. The molecule has 3 unspecified atom stereocenters. The molecule has 4 heteroatoms.